The Morgan fingerprint density at radius 3 is 2.20 bits per heavy atom. The van der Waals surface area contributed by atoms with E-state index < -0.39 is 0 Å². The maximum Gasteiger partial charge on any atom is 0.157 e. The Balaban J connectivity index is 1.46. The molecule has 2 nitrogen and oxygen atoms in total. The third-order valence-corrected chi connectivity index (χ3v) is 5.60. The van der Waals surface area contributed by atoms with Crippen molar-refractivity contribution in [3.63, 3.8) is 0 Å². The molecule has 0 saturated carbocycles. The van der Waals surface area contributed by atoms with Crippen molar-refractivity contribution in [3.05, 3.63) is 70.8 Å². The van der Waals surface area contributed by atoms with Crippen LogP contribution in [0.2, 0.25) is 0 Å². The zero-order valence-electron chi connectivity index (χ0n) is 15.0. The maximum absolute atomic E-state index is 5.96. The molecule has 4 rings (SSSR count). The Labute approximate surface area is 151 Å². The number of hydrogen-bond acceptors (Lipinski definition) is 2. The molecule has 0 N–H and O–H groups in total. The molecule has 2 aromatic carbocycles. The molecule has 0 spiro atoms. The molecule has 1 aliphatic carbocycles. The number of ether oxygens (including phenoxy) is 2. The molecule has 0 aromatic heterocycles. The topological polar surface area (TPSA) is 18.5 Å². The molecule has 25 heavy (non-hydrogen) atoms. The molecule has 0 radical (unpaired) electrons. The van der Waals surface area contributed by atoms with Gasteiger partial charge in [-0.15, -0.1) is 0 Å². The van der Waals surface area contributed by atoms with Crippen LogP contribution in [0.1, 0.15) is 60.3 Å². The van der Waals surface area contributed by atoms with Gasteiger partial charge in [0.1, 0.15) is 0 Å². The summed E-state index contributed by atoms with van der Waals surface area (Å²) in [6.07, 6.45) is 8.00. The van der Waals surface area contributed by atoms with Gasteiger partial charge in [0.05, 0.1) is 0 Å². The fourth-order valence-corrected chi connectivity index (χ4v) is 4.30. The van der Waals surface area contributed by atoms with Gasteiger partial charge >= 0.3 is 0 Å². The standard InChI is InChI=1S/C23H28O2/c1-3-10-20-18(8-1)14-15-19-9-2-4-11-21(19)22(20)12-7-17-25-23-13-5-6-16-24-23/h1-4,8-11,22-23H,5-7,12-17H2. The van der Waals surface area contributed by atoms with E-state index in [0.29, 0.717) is 5.92 Å². The van der Waals surface area contributed by atoms with E-state index in [1.54, 1.807) is 0 Å². The zero-order chi connectivity index (χ0) is 16.9. The molecular formula is C23H28O2. The van der Waals surface area contributed by atoms with Gasteiger partial charge in [-0.2, -0.15) is 0 Å². The summed E-state index contributed by atoms with van der Waals surface area (Å²) >= 11 is 0. The van der Waals surface area contributed by atoms with Crippen LogP contribution < -0.4 is 0 Å². The molecule has 1 fully saturated rings. The molecule has 1 atom stereocenters. The van der Waals surface area contributed by atoms with Crippen LogP contribution in [0.15, 0.2) is 48.5 Å². The summed E-state index contributed by atoms with van der Waals surface area (Å²) in [6, 6.07) is 18.0. The smallest absolute Gasteiger partial charge is 0.157 e. The lowest BCUT2D eigenvalue weighted by Crippen LogP contribution is -2.22. The lowest BCUT2D eigenvalue weighted by molar-refractivity contribution is -0.162. The lowest BCUT2D eigenvalue weighted by atomic mass is 9.85. The molecule has 0 amide bonds. The molecule has 1 unspecified atom stereocenters. The molecule has 2 heteroatoms. The van der Waals surface area contributed by atoms with E-state index in [0.717, 1.165) is 45.3 Å². The van der Waals surface area contributed by atoms with Crippen LogP contribution in [0.4, 0.5) is 0 Å². The van der Waals surface area contributed by atoms with Gasteiger partial charge in [0, 0.05) is 19.1 Å². The Bertz CT molecular complexity index is 640. The highest BCUT2D eigenvalue weighted by atomic mass is 16.7. The van der Waals surface area contributed by atoms with Crippen LogP contribution in [0.25, 0.3) is 0 Å². The van der Waals surface area contributed by atoms with Crippen molar-refractivity contribution in [2.75, 3.05) is 13.2 Å². The minimum Gasteiger partial charge on any atom is -0.353 e. The van der Waals surface area contributed by atoms with Crippen LogP contribution in [0.3, 0.4) is 0 Å². The first-order valence-corrected chi connectivity index (χ1v) is 9.80. The Kier molecular flexibility index (Phi) is 5.49. The second kappa shape index (κ2) is 8.16. The normalized spacial score (nSPS) is 20.6. The van der Waals surface area contributed by atoms with Crippen molar-refractivity contribution in [3.8, 4) is 0 Å². The van der Waals surface area contributed by atoms with Crippen molar-refractivity contribution in [2.24, 2.45) is 0 Å². The van der Waals surface area contributed by atoms with Crippen LogP contribution in [-0.2, 0) is 22.3 Å². The summed E-state index contributed by atoms with van der Waals surface area (Å²) in [5, 5.41) is 0. The molecule has 1 aliphatic heterocycles. The average molecular weight is 336 g/mol. The molecule has 2 aliphatic rings. The van der Waals surface area contributed by atoms with Crippen molar-refractivity contribution < 1.29 is 9.47 Å². The van der Waals surface area contributed by atoms with E-state index in [-0.39, 0.29) is 6.29 Å². The minimum atomic E-state index is 0.0301. The van der Waals surface area contributed by atoms with E-state index in [4.69, 9.17) is 9.47 Å². The maximum atomic E-state index is 5.96. The molecule has 1 saturated heterocycles. The molecule has 132 valence electrons. The highest BCUT2D eigenvalue weighted by Gasteiger charge is 2.23. The third kappa shape index (κ3) is 3.96. The van der Waals surface area contributed by atoms with E-state index in [9.17, 15) is 0 Å². The largest absolute Gasteiger partial charge is 0.353 e. The van der Waals surface area contributed by atoms with Gasteiger partial charge in [-0.05, 0) is 67.2 Å². The Morgan fingerprint density at radius 1 is 0.880 bits per heavy atom. The van der Waals surface area contributed by atoms with Gasteiger partial charge < -0.3 is 9.47 Å². The summed E-state index contributed by atoms with van der Waals surface area (Å²) in [5.41, 5.74) is 6.06. The van der Waals surface area contributed by atoms with E-state index >= 15 is 0 Å². The van der Waals surface area contributed by atoms with Crippen molar-refractivity contribution in [1.29, 1.82) is 0 Å². The van der Waals surface area contributed by atoms with Crippen LogP contribution in [-0.4, -0.2) is 19.5 Å². The molecule has 2 aromatic rings. The highest BCUT2D eigenvalue weighted by Crippen LogP contribution is 2.37. The number of fused-ring (bicyclic) bond motifs is 2. The van der Waals surface area contributed by atoms with Crippen LogP contribution in [0, 0.1) is 0 Å². The van der Waals surface area contributed by atoms with Gasteiger partial charge in [0.2, 0.25) is 0 Å². The van der Waals surface area contributed by atoms with E-state index in [2.05, 4.69) is 48.5 Å². The number of hydrogen-bond donors (Lipinski definition) is 0. The average Bonchev–Trinajstić information content (AvgIpc) is 2.83. The van der Waals surface area contributed by atoms with Crippen molar-refractivity contribution >= 4 is 0 Å². The SMILES string of the molecule is c1ccc2c(c1)CCc1ccccc1C2CCCOC1CCCCO1. The first-order chi connectivity index (χ1) is 12.4. The number of aryl methyl sites for hydroxylation is 2. The second-order valence-electron chi connectivity index (χ2n) is 7.26. The van der Waals surface area contributed by atoms with Gasteiger partial charge in [0.25, 0.3) is 0 Å². The second-order valence-corrected chi connectivity index (χ2v) is 7.26. The summed E-state index contributed by atoms with van der Waals surface area (Å²) in [4.78, 5) is 0. The fraction of sp³-hybridized carbons (Fsp3) is 0.478. The fourth-order valence-electron chi connectivity index (χ4n) is 4.30. The predicted octanol–water partition coefficient (Wildman–Crippen LogP) is 5.24. The van der Waals surface area contributed by atoms with E-state index in [1.807, 2.05) is 0 Å². The summed E-state index contributed by atoms with van der Waals surface area (Å²) in [7, 11) is 0. The first kappa shape index (κ1) is 16.8. The van der Waals surface area contributed by atoms with E-state index in [1.165, 1.54) is 35.1 Å². The summed E-state index contributed by atoms with van der Waals surface area (Å²) < 4.78 is 11.6. The van der Waals surface area contributed by atoms with Crippen molar-refractivity contribution in [1.82, 2.24) is 0 Å². The predicted molar refractivity (Wildman–Crippen MR) is 101 cm³/mol. The zero-order valence-corrected chi connectivity index (χ0v) is 15.0. The van der Waals surface area contributed by atoms with Gasteiger partial charge in [-0.3, -0.25) is 0 Å². The molecular weight excluding hydrogens is 308 g/mol. The minimum absolute atomic E-state index is 0.0301. The van der Waals surface area contributed by atoms with Gasteiger partial charge in [-0.1, -0.05) is 48.5 Å². The third-order valence-electron chi connectivity index (χ3n) is 5.60. The molecule has 1 heterocycles. The van der Waals surface area contributed by atoms with Gasteiger partial charge in [0.15, 0.2) is 6.29 Å². The van der Waals surface area contributed by atoms with Gasteiger partial charge in [-0.25, -0.2) is 0 Å². The first-order valence-electron chi connectivity index (χ1n) is 9.80. The number of rotatable bonds is 5. The van der Waals surface area contributed by atoms with Crippen LogP contribution >= 0.6 is 0 Å². The number of benzene rings is 2. The Hall–Kier alpha value is -1.64. The van der Waals surface area contributed by atoms with Crippen LogP contribution in [0.5, 0.6) is 0 Å². The summed E-state index contributed by atoms with van der Waals surface area (Å²) in [6.45, 7) is 1.65. The van der Waals surface area contributed by atoms with Crippen molar-refractivity contribution in [2.45, 2.75) is 57.2 Å². The monoisotopic (exact) mass is 336 g/mol. The lowest BCUT2D eigenvalue weighted by Gasteiger charge is -2.24. The quantitative estimate of drug-likeness (QED) is 0.695. The summed E-state index contributed by atoms with van der Waals surface area (Å²) in [5.74, 6) is 0.491. The molecule has 0 bridgehead atoms. The Morgan fingerprint density at radius 2 is 1.56 bits per heavy atom. The highest BCUT2D eigenvalue weighted by molar-refractivity contribution is 5.44.